The van der Waals surface area contributed by atoms with E-state index < -0.39 is 0 Å². The van der Waals surface area contributed by atoms with E-state index in [2.05, 4.69) is 4.98 Å². The normalized spacial score (nSPS) is 10.6. The van der Waals surface area contributed by atoms with Gasteiger partial charge in [-0.1, -0.05) is 6.07 Å². The summed E-state index contributed by atoms with van der Waals surface area (Å²) in [5, 5.41) is 0.952. The van der Waals surface area contributed by atoms with E-state index in [-0.39, 0.29) is 12.4 Å². The molecule has 34 heavy (non-hydrogen) atoms. The third kappa shape index (κ3) is 6.01. The van der Waals surface area contributed by atoms with Crippen LogP contribution in [0.4, 0.5) is 0 Å². The quantitative estimate of drug-likeness (QED) is 0.234. The summed E-state index contributed by atoms with van der Waals surface area (Å²) in [6, 6.07) is 20.7. The van der Waals surface area contributed by atoms with Crippen molar-refractivity contribution in [2.45, 2.75) is 12.8 Å². The smallest absolute Gasteiger partial charge is 0.310 e. The second kappa shape index (κ2) is 11.1. The van der Waals surface area contributed by atoms with E-state index in [1.54, 1.807) is 7.11 Å². The lowest BCUT2D eigenvalue weighted by Gasteiger charge is -2.10. The number of aromatic nitrogens is 1. The molecule has 1 aromatic heterocycles. The molecule has 1 heterocycles. The van der Waals surface area contributed by atoms with Gasteiger partial charge in [0.25, 0.3) is 0 Å². The Morgan fingerprint density at radius 2 is 1.47 bits per heavy atom. The lowest BCUT2D eigenvalue weighted by atomic mass is 10.1. The Bertz CT molecular complexity index is 1230. The molecule has 0 bridgehead atoms. The van der Waals surface area contributed by atoms with E-state index in [1.807, 2.05) is 72.9 Å². The fraction of sp³-hybridized carbons (Fsp3) is 0.222. The molecular weight excluding hydrogens is 434 g/mol. The number of methoxy groups -OCH3 is 2. The molecule has 0 atom stereocenters. The molecule has 0 fully saturated rings. The van der Waals surface area contributed by atoms with Crippen LogP contribution in [-0.2, 0) is 16.0 Å². The molecule has 0 spiro atoms. The predicted molar refractivity (Wildman–Crippen MR) is 129 cm³/mol. The molecular formula is C27H27NO6. The first-order chi connectivity index (χ1) is 16.6. The Morgan fingerprint density at radius 3 is 2.21 bits per heavy atom. The van der Waals surface area contributed by atoms with Crippen molar-refractivity contribution in [1.29, 1.82) is 0 Å². The average molecular weight is 462 g/mol. The number of carbonyl (C=O) groups excluding carboxylic acids is 1. The van der Waals surface area contributed by atoms with Crippen LogP contribution in [0.15, 0.2) is 72.9 Å². The van der Waals surface area contributed by atoms with Gasteiger partial charge < -0.3 is 28.7 Å². The number of esters is 1. The number of hydrogen-bond acceptors (Lipinski definition) is 6. The Balaban J connectivity index is 1.25. The van der Waals surface area contributed by atoms with Gasteiger partial charge in [0, 0.05) is 29.6 Å². The lowest BCUT2D eigenvalue weighted by Crippen LogP contribution is -2.05. The number of ether oxygens (including phenoxy) is 5. The number of carbonyl (C=O) groups is 1. The Kier molecular flexibility index (Phi) is 7.55. The fourth-order valence-corrected chi connectivity index (χ4v) is 3.47. The number of benzene rings is 3. The van der Waals surface area contributed by atoms with Gasteiger partial charge in [0.15, 0.2) is 0 Å². The largest absolute Gasteiger partial charge is 0.497 e. The first kappa shape index (κ1) is 23.0. The van der Waals surface area contributed by atoms with Crippen molar-refractivity contribution >= 4 is 16.9 Å². The van der Waals surface area contributed by atoms with E-state index in [0.29, 0.717) is 25.4 Å². The van der Waals surface area contributed by atoms with Crippen LogP contribution in [0.1, 0.15) is 12.0 Å². The van der Waals surface area contributed by atoms with Crippen molar-refractivity contribution in [3.63, 3.8) is 0 Å². The number of nitrogens with one attached hydrogen (secondary N) is 1. The third-order valence-corrected chi connectivity index (χ3v) is 5.23. The van der Waals surface area contributed by atoms with E-state index >= 15 is 0 Å². The van der Waals surface area contributed by atoms with Crippen LogP contribution in [0.3, 0.4) is 0 Å². The standard InChI is InChI=1S/C27H27NO6/c1-30-20-7-9-21(10-8-20)34-24-6-3-5-22(16-24)32-13-4-14-33-23-11-12-26-25(17-23)19(18-28-26)15-27(29)31-2/h3,5-12,16-18,28H,4,13-15H2,1-2H3. The molecule has 0 unspecified atom stereocenters. The molecule has 4 aromatic rings. The maximum atomic E-state index is 11.6. The van der Waals surface area contributed by atoms with Crippen LogP contribution in [0.5, 0.6) is 28.7 Å². The summed E-state index contributed by atoms with van der Waals surface area (Å²) >= 11 is 0. The van der Waals surface area contributed by atoms with Gasteiger partial charge in [-0.05, 0) is 60.2 Å². The summed E-state index contributed by atoms with van der Waals surface area (Å²) < 4.78 is 27.6. The minimum atomic E-state index is -0.275. The van der Waals surface area contributed by atoms with Gasteiger partial charge in [-0.15, -0.1) is 0 Å². The molecule has 4 rings (SSSR count). The Hall–Kier alpha value is -4.13. The highest BCUT2D eigenvalue weighted by Crippen LogP contribution is 2.27. The van der Waals surface area contributed by atoms with Crippen molar-refractivity contribution in [3.05, 3.63) is 78.5 Å². The van der Waals surface area contributed by atoms with Gasteiger partial charge in [-0.3, -0.25) is 4.79 Å². The maximum absolute atomic E-state index is 11.6. The third-order valence-electron chi connectivity index (χ3n) is 5.23. The van der Waals surface area contributed by atoms with Gasteiger partial charge >= 0.3 is 5.97 Å². The zero-order chi connectivity index (χ0) is 23.8. The van der Waals surface area contributed by atoms with Gasteiger partial charge in [0.2, 0.25) is 0 Å². The summed E-state index contributed by atoms with van der Waals surface area (Å²) in [6.45, 7) is 1.01. The van der Waals surface area contributed by atoms with E-state index in [0.717, 1.165) is 39.5 Å². The summed E-state index contributed by atoms with van der Waals surface area (Å²) in [7, 11) is 3.02. The lowest BCUT2D eigenvalue weighted by molar-refractivity contribution is -0.139. The van der Waals surface area contributed by atoms with Crippen molar-refractivity contribution in [2.24, 2.45) is 0 Å². The number of H-pyrrole nitrogens is 1. The Morgan fingerprint density at radius 1 is 0.794 bits per heavy atom. The zero-order valence-electron chi connectivity index (χ0n) is 19.2. The van der Waals surface area contributed by atoms with Crippen LogP contribution in [-0.4, -0.2) is 38.4 Å². The van der Waals surface area contributed by atoms with E-state index in [1.165, 1.54) is 7.11 Å². The number of rotatable bonds is 11. The van der Waals surface area contributed by atoms with Gasteiger partial charge in [0.1, 0.15) is 28.7 Å². The SMILES string of the molecule is COC(=O)Cc1c[nH]c2ccc(OCCCOc3cccc(Oc4ccc(OC)cc4)c3)cc12. The Labute approximate surface area is 198 Å². The maximum Gasteiger partial charge on any atom is 0.310 e. The average Bonchev–Trinajstić information content (AvgIpc) is 3.26. The minimum absolute atomic E-state index is 0.217. The fourth-order valence-electron chi connectivity index (χ4n) is 3.47. The summed E-state index contributed by atoms with van der Waals surface area (Å²) in [5.41, 5.74) is 1.83. The van der Waals surface area contributed by atoms with Crippen LogP contribution in [0, 0.1) is 0 Å². The first-order valence-electron chi connectivity index (χ1n) is 11.0. The zero-order valence-corrected chi connectivity index (χ0v) is 19.2. The number of hydrogen-bond donors (Lipinski definition) is 1. The van der Waals surface area contributed by atoms with Crippen molar-refractivity contribution in [2.75, 3.05) is 27.4 Å². The molecule has 0 aliphatic heterocycles. The van der Waals surface area contributed by atoms with Gasteiger partial charge in [-0.2, -0.15) is 0 Å². The highest BCUT2D eigenvalue weighted by Gasteiger charge is 2.10. The van der Waals surface area contributed by atoms with Crippen LogP contribution in [0.25, 0.3) is 10.9 Å². The highest BCUT2D eigenvalue weighted by molar-refractivity contribution is 5.88. The van der Waals surface area contributed by atoms with Crippen molar-refractivity contribution in [1.82, 2.24) is 4.98 Å². The van der Waals surface area contributed by atoms with Crippen molar-refractivity contribution < 1.29 is 28.5 Å². The van der Waals surface area contributed by atoms with E-state index in [9.17, 15) is 4.79 Å². The molecule has 7 heteroatoms. The molecule has 7 nitrogen and oxygen atoms in total. The molecule has 0 amide bonds. The van der Waals surface area contributed by atoms with E-state index in [4.69, 9.17) is 23.7 Å². The topological polar surface area (TPSA) is 79.0 Å². The molecule has 0 radical (unpaired) electrons. The number of fused-ring (bicyclic) bond motifs is 1. The first-order valence-corrected chi connectivity index (χ1v) is 11.0. The molecule has 0 saturated heterocycles. The predicted octanol–water partition coefficient (Wildman–Crippen LogP) is 5.53. The van der Waals surface area contributed by atoms with Crippen LogP contribution >= 0.6 is 0 Å². The molecule has 176 valence electrons. The molecule has 0 aliphatic carbocycles. The van der Waals surface area contributed by atoms with Crippen LogP contribution < -0.4 is 18.9 Å². The summed E-state index contributed by atoms with van der Waals surface area (Å²) in [5.74, 6) is 3.39. The van der Waals surface area contributed by atoms with Gasteiger partial charge in [0.05, 0.1) is 33.9 Å². The highest BCUT2D eigenvalue weighted by atomic mass is 16.5. The molecule has 1 N–H and O–H groups in total. The summed E-state index contributed by atoms with van der Waals surface area (Å²) in [4.78, 5) is 14.8. The second-order valence-electron chi connectivity index (χ2n) is 7.58. The second-order valence-corrected chi connectivity index (χ2v) is 7.58. The monoisotopic (exact) mass is 461 g/mol. The van der Waals surface area contributed by atoms with Crippen LogP contribution in [0.2, 0.25) is 0 Å². The molecule has 3 aromatic carbocycles. The minimum Gasteiger partial charge on any atom is -0.497 e. The van der Waals surface area contributed by atoms with Gasteiger partial charge in [-0.25, -0.2) is 0 Å². The number of aromatic amines is 1. The molecule has 0 aliphatic rings. The molecule has 0 saturated carbocycles. The summed E-state index contributed by atoms with van der Waals surface area (Å²) in [6.07, 6.45) is 2.75. The van der Waals surface area contributed by atoms with Crippen molar-refractivity contribution in [3.8, 4) is 28.7 Å².